The summed E-state index contributed by atoms with van der Waals surface area (Å²) in [7, 11) is 0. The van der Waals surface area contributed by atoms with E-state index in [-0.39, 0.29) is 17.9 Å². The summed E-state index contributed by atoms with van der Waals surface area (Å²) in [4.78, 5) is 25.6. The molecule has 110 valence electrons. The molecule has 1 aliphatic heterocycles. The molecule has 0 aromatic rings. The lowest BCUT2D eigenvalue weighted by Gasteiger charge is -2.39. The first-order valence-corrected chi connectivity index (χ1v) is 7.19. The van der Waals surface area contributed by atoms with Crippen molar-refractivity contribution in [3.8, 4) is 0 Å². The van der Waals surface area contributed by atoms with Crippen molar-refractivity contribution in [2.75, 3.05) is 26.2 Å². The minimum atomic E-state index is -0.441. The highest BCUT2D eigenvalue weighted by Gasteiger charge is 2.40. The van der Waals surface area contributed by atoms with Crippen LogP contribution in [0.15, 0.2) is 0 Å². The second-order valence-corrected chi connectivity index (χ2v) is 5.96. The topological polar surface area (TPSA) is 75.4 Å². The highest BCUT2D eigenvalue weighted by Crippen LogP contribution is 2.32. The molecule has 1 rings (SSSR count). The predicted molar refractivity (Wildman–Crippen MR) is 75.4 cm³/mol. The number of carbonyl (C=O) groups excluding carboxylic acids is 2. The van der Waals surface area contributed by atoms with E-state index < -0.39 is 5.91 Å². The number of hydrogen-bond donors (Lipinski definition) is 2. The van der Waals surface area contributed by atoms with Crippen LogP contribution in [0.1, 0.15) is 40.0 Å². The van der Waals surface area contributed by atoms with E-state index in [1.807, 2.05) is 20.8 Å². The van der Waals surface area contributed by atoms with Crippen LogP contribution >= 0.6 is 0 Å². The van der Waals surface area contributed by atoms with Gasteiger partial charge in [0.1, 0.15) is 0 Å². The summed E-state index contributed by atoms with van der Waals surface area (Å²) < 4.78 is 0. The van der Waals surface area contributed by atoms with Crippen molar-refractivity contribution in [1.82, 2.24) is 10.2 Å². The van der Waals surface area contributed by atoms with E-state index in [1.54, 1.807) is 4.90 Å². The van der Waals surface area contributed by atoms with Crippen LogP contribution < -0.4 is 11.1 Å². The smallest absolute Gasteiger partial charge is 0.237 e. The molecule has 1 atom stereocenters. The molecule has 1 heterocycles. The molecule has 0 aromatic carbocycles. The number of carbonyl (C=O) groups is 2. The zero-order valence-electron chi connectivity index (χ0n) is 12.4. The summed E-state index contributed by atoms with van der Waals surface area (Å²) in [6.07, 6.45) is 2.69. The second-order valence-electron chi connectivity index (χ2n) is 5.96. The minimum absolute atomic E-state index is 0.0266. The maximum Gasteiger partial charge on any atom is 0.237 e. The van der Waals surface area contributed by atoms with E-state index in [0.717, 1.165) is 25.8 Å². The molecule has 0 saturated carbocycles. The molecule has 1 fully saturated rings. The summed E-state index contributed by atoms with van der Waals surface area (Å²) in [5.74, 6) is -0.0347. The fourth-order valence-electron chi connectivity index (χ4n) is 2.79. The van der Waals surface area contributed by atoms with Crippen LogP contribution in [0.4, 0.5) is 0 Å². The number of nitrogens with two attached hydrogens (primary N) is 1. The Balaban J connectivity index is 2.85. The molecule has 1 aliphatic rings. The van der Waals surface area contributed by atoms with Gasteiger partial charge < -0.3 is 16.0 Å². The summed E-state index contributed by atoms with van der Waals surface area (Å²) in [6, 6.07) is 0. The Hall–Kier alpha value is -1.10. The van der Waals surface area contributed by atoms with Crippen LogP contribution in [0.5, 0.6) is 0 Å². The quantitative estimate of drug-likeness (QED) is 0.746. The maximum atomic E-state index is 12.8. The molecular formula is C14H27N3O2. The van der Waals surface area contributed by atoms with Crippen LogP contribution in [-0.2, 0) is 9.59 Å². The highest BCUT2D eigenvalue weighted by atomic mass is 16.2. The van der Waals surface area contributed by atoms with Gasteiger partial charge in [-0.3, -0.25) is 9.59 Å². The van der Waals surface area contributed by atoms with E-state index in [0.29, 0.717) is 19.0 Å². The summed E-state index contributed by atoms with van der Waals surface area (Å²) in [5.41, 5.74) is 4.91. The van der Waals surface area contributed by atoms with Gasteiger partial charge in [-0.25, -0.2) is 0 Å². The second kappa shape index (κ2) is 6.89. The molecular weight excluding hydrogens is 242 g/mol. The van der Waals surface area contributed by atoms with Gasteiger partial charge in [0, 0.05) is 13.1 Å². The molecule has 3 N–H and O–H groups in total. The Morgan fingerprint density at radius 1 is 1.42 bits per heavy atom. The molecule has 5 heteroatoms. The number of piperidine rings is 1. The van der Waals surface area contributed by atoms with Crippen molar-refractivity contribution in [2.45, 2.75) is 40.0 Å². The number of primary amides is 1. The molecule has 0 bridgehead atoms. The largest absolute Gasteiger partial charge is 0.368 e. The van der Waals surface area contributed by atoms with Crippen molar-refractivity contribution >= 4 is 11.8 Å². The lowest BCUT2D eigenvalue weighted by atomic mass is 9.77. The lowest BCUT2D eigenvalue weighted by Crippen LogP contribution is -2.54. The third kappa shape index (κ3) is 4.20. The predicted octanol–water partition coefficient (Wildman–Crippen LogP) is 0.736. The normalized spacial score (nSPS) is 23.4. The van der Waals surface area contributed by atoms with Crippen molar-refractivity contribution in [2.24, 2.45) is 17.1 Å². The molecule has 5 nitrogen and oxygen atoms in total. The Kier molecular flexibility index (Phi) is 5.79. The first-order valence-electron chi connectivity index (χ1n) is 7.19. The van der Waals surface area contributed by atoms with Gasteiger partial charge in [-0.15, -0.1) is 0 Å². The highest BCUT2D eigenvalue weighted by molar-refractivity contribution is 5.87. The average molecular weight is 269 g/mol. The first-order chi connectivity index (χ1) is 8.91. The van der Waals surface area contributed by atoms with Crippen LogP contribution in [0.2, 0.25) is 0 Å². The van der Waals surface area contributed by atoms with Crippen molar-refractivity contribution in [3.05, 3.63) is 0 Å². The molecule has 0 spiro atoms. The lowest BCUT2D eigenvalue weighted by molar-refractivity contribution is -0.146. The van der Waals surface area contributed by atoms with Crippen LogP contribution in [0.3, 0.4) is 0 Å². The van der Waals surface area contributed by atoms with Gasteiger partial charge in [0.25, 0.3) is 0 Å². The molecule has 1 unspecified atom stereocenters. The van der Waals surface area contributed by atoms with Gasteiger partial charge in [0.2, 0.25) is 11.8 Å². The number of hydrogen-bond acceptors (Lipinski definition) is 3. The van der Waals surface area contributed by atoms with Gasteiger partial charge in [0.05, 0.1) is 12.0 Å². The van der Waals surface area contributed by atoms with Gasteiger partial charge in [0.15, 0.2) is 0 Å². The number of rotatable bonds is 6. The van der Waals surface area contributed by atoms with Gasteiger partial charge in [-0.05, 0) is 31.7 Å². The monoisotopic (exact) mass is 269 g/mol. The van der Waals surface area contributed by atoms with E-state index in [4.69, 9.17) is 5.73 Å². The summed E-state index contributed by atoms with van der Waals surface area (Å²) in [5, 5.41) is 3.31. The zero-order chi connectivity index (χ0) is 14.5. The van der Waals surface area contributed by atoms with Crippen molar-refractivity contribution < 1.29 is 9.59 Å². The van der Waals surface area contributed by atoms with Crippen LogP contribution in [-0.4, -0.2) is 42.9 Å². The Morgan fingerprint density at radius 3 is 2.53 bits per heavy atom. The fourth-order valence-corrected chi connectivity index (χ4v) is 2.79. The fraction of sp³-hybridized carbons (Fsp3) is 0.857. The van der Waals surface area contributed by atoms with E-state index >= 15 is 0 Å². The minimum Gasteiger partial charge on any atom is -0.368 e. The third-order valence-corrected chi connectivity index (χ3v) is 3.82. The first kappa shape index (κ1) is 16.0. The summed E-state index contributed by atoms with van der Waals surface area (Å²) >= 11 is 0. The molecule has 1 saturated heterocycles. The Labute approximate surface area is 115 Å². The number of nitrogens with one attached hydrogen (secondary N) is 1. The third-order valence-electron chi connectivity index (χ3n) is 3.82. The molecule has 0 radical (unpaired) electrons. The SMILES string of the molecule is CCC1(C(=O)N(CC(N)=O)CC(C)C)CCCNC1. The molecule has 0 aromatic heterocycles. The molecule has 2 amide bonds. The maximum absolute atomic E-state index is 12.8. The van der Waals surface area contributed by atoms with Crippen LogP contribution in [0.25, 0.3) is 0 Å². The van der Waals surface area contributed by atoms with Crippen molar-refractivity contribution in [1.29, 1.82) is 0 Å². The van der Waals surface area contributed by atoms with Gasteiger partial charge in [-0.2, -0.15) is 0 Å². The van der Waals surface area contributed by atoms with Crippen LogP contribution in [0, 0.1) is 11.3 Å². The number of nitrogens with zero attached hydrogens (tertiary/aromatic N) is 1. The number of amides is 2. The van der Waals surface area contributed by atoms with E-state index in [2.05, 4.69) is 5.32 Å². The van der Waals surface area contributed by atoms with E-state index in [9.17, 15) is 9.59 Å². The van der Waals surface area contributed by atoms with Crippen molar-refractivity contribution in [3.63, 3.8) is 0 Å². The Bertz CT molecular complexity index is 323. The Morgan fingerprint density at radius 2 is 2.11 bits per heavy atom. The molecule has 0 aliphatic carbocycles. The average Bonchev–Trinajstić information content (AvgIpc) is 2.36. The van der Waals surface area contributed by atoms with Gasteiger partial charge in [-0.1, -0.05) is 20.8 Å². The van der Waals surface area contributed by atoms with Gasteiger partial charge >= 0.3 is 0 Å². The standard InChI is InChI=1S/C14H27N3O2/c1-4-14(6-5-7-16-10-14)13(19)17(8-11(2)3)9-12(15)18/h11,16H,4-10H2,1-3H3,(H2,15,18). The summed E-state index contributed by atoms with van der Waals surface area (Å²) in [6.45, 7) is 8.41. The molecule has 19 heavy (non-hydrogen) atoms. The zero-order valence-corrected chi connectivity index (χ0v) is 12.4. The van der Waals surface area contributed by atoms with E-state index in [1.165, 1.54) is 0 Å².